The highest BCUT2D eigenvalue weighted by Crippen LogP contribution is 2.31. The van der Waals surface area contributed by atoms with E-state index in [0.717, 1.165) is 12.0 Å². The Hall–Kier alpha value is -3.90. The van der Waals surface area contributed by atoms with Gasteiger partial charge >= 0.3 is 0 Å². The molecule has 3 N–H and O–H groups in total. The number of hydrogen-bond donors (Lipinski definition) is 3. The average molecular weight is 568 g/mol. The van der Waals surface area contributed by atoms with Crippen LogP contribution >= 0.6 is 0 Å². The number of ether oxygens (including phenoxy) is 1. The van der Waals surface area contributed by atoms with E-state index in [-0.39, 0.29) is 22.8 Å². The van der Waals surface area contributed by atoms with Crippen LogP contribution in [0.25, 0.3) is 11.0 Å². The maximum absolute atomic E-state index is 13.0. The van der Waals surface area contributed by atoms with Gasteiger partial charge in [-0.3, -0.25) is 4.79 Å². The quantitative estimate of drug-likeness (QED) is 0.233. The van der Waals surface area contributed by atoms with E-state index in [1.807, 2.05) is 30.0 Å². The fraction of sp³-hybridized carbons (Fsp3) is 0.393. The summed E-state index contributed by atoms with van der Waals surface area (Å²) in [6.45, 7) is 8.45. The molecule has 1 saturated heterocycles. The van der Waals surface area contributed by atoms with Crippen LogP contribution in [0.4, 0.5) is 17.5 Å². The van der Waals surface area contributed by atoms with Gasteiger partial charge in [0, 0.05) is 19.2 Å². The van der Waals surface area contributed by atoms with Gasteiger partial charge in [0.1, 0.15) is 11.8 Å². The molecule has 1 aliphatic heterocycles. The summed E-state index contributed by atoms with van der Waals surface area (Å²) in [5.41, 5.74) is 3.32. The third-order valence-corrected chi connectivity index (χ3v) is 8.92. The lowest BCUT2D eigenvalue weighted by Gasteiger charge is -2.27. The number of nitrogens with one attached hydrogen (secondary N) is 3. The standard InChI is InChI=1S/C28H37N7O4S/c1-18(2)40(37,38)24-10-8-7-9-21(24)31-27-26-22(11-13-29-26)32-28(33-27)30-20(17-39-6)15-23-19(3)12-14-35(23)25(36)16-34(4)5/h7-11,13,17-18,23,29H,3,12,14-16H2,1-2,4-6H3,(H2,30,31,32,33)/b20-17-. The molecule has 0 aliphatic carbocycles. The molecular weight excluding hydrogens is 530 g/mol. The Bertz CT molecular complexity index is 1530. The molecule has 1 unspecified atom stereocenters. The van der Waals surface area contributed by atoms with Crippen LogP contribution in [-0.4, -0.2) is 84.7 Å². The second-order valence-corrected chi connectivity index (χ2v) is 12.8. The number of likely N-dealkylation sites (N-methyl/N-ethyl adjacent to an activating group) is 1. The van der Waals surface area contributed by atoms with Crippen LogP contribution in [0.5, 0.6) is 0 Å². The van der Waals surface area contributed by atoms with Gasteiger partial charge in [-0.05, 0) is 52.6 Å². The SMILES string of the molecule is C=C1CCN(C(=O)CN(C)C)C1C/C(=C/OC)Nc1nc(Nc2ccccc2S(=O)(=O)C(C)C)c2[nH]ccc2n1. The van der Waals surface area contributed by atoms with Crippen molar-refractivity contribution in [3.05, 3.63) is 60.6 Å². The number of hydrogen-bond acceptors (Lipinski definition) is 9. The first-order valence-electron chi connectivity index (χ1n) is 13.1. The molecule has 1 aliphatic rings. The van der Waals surface area contributed by atoms with E-state index in [1.54, 1.807) is 57.7 Å². The second kappa shape index (κ2) is 12.1. The number of anilines is 3. The second-order valence-electron chi connectivity index (χ2n) is 10.3. The van der Waals surface area contributed by atoms with E-state index in [4.69, 9.17) is 4.74 Å². The molecule has 3 heterocycles. The van der Waals surface area contributed by atoms with Crippen LogP contribution in [0, 0.1) is 0 Å². The fourth-order valence-electron chi connectivity index (χ4n) is 4.63. The number of rotatable bonds is 11. The van der Waals surface area contributed by atoms with Crippen molar-refractivity contribution in [2.45, 2.75) is 42.9 Å². The zero-order valence-corrected chi connectivity index (χ0v) is 24.4. The number of para-hydroxylation sites is 1. The first-order chi connectivity index (χ1) is 19.0. The maximum atomic E-state index is 13.0. The number of benzene rings is 1. The Balaban J connectivity index is 1.64. The maximum Gasteiger partial charge on any atom is 0.237 e. The molecule has 1 atom stereocenters. The highest BCUT2D eigenvalue weighted by atomic mass is 32.2. The average Bonchev–Trinajstić information content (AvgIpc) is 3.51. The number of likely N-dealkylation sites (tertiary alicyclic amines) is 1. The summed E-state index contributed by atoms with van der Waals surface area (Å²) in [4.78, 5) is 29.2. The number of fused-ring (bicyclic) bond motifs is 1. The Morgan fingerprint density at radius 2 is 2.02 bits per heavy atom. The van der Waals surface area contributed by atoms with Gasteiger partial charge in [0.15, 0.2) is 15.7 Å². The Morgan fingerprint density at radius 1 is 1.27 bits per heavy atom. The number of aromatic amines is 1. The summed E-state index contributed by atoms with van der Waals surface area (Å²) in [5.74, 6) is 0.738. The highest BCUT2D eigenvalue weighted by molar-refractivity contribution is 7.92. The molecule has 2 aromatic heterocycles. The lowest BCUT2D eigenvalue weighted by Crippen LogP contribution is -2.41. The summed E-state index contributed by atoms with van der Waals surface area (Å²) in [5, 5.41) is 5.87. The van der Waals surface area contributed by atoms with Crippen molar-refractivity contribution in [1.29, 1.82) is 0 Å². The van der Waals surface area contributed by atoms with E-state index in [2.05, 4.69) is 32.2 Å². The third-order valence-electron chi connectivity index (χ3n) is 6.71. The lowest BCUT2D eigenvalue weighted by atomic mass is 10.0. The first kappa shape index (κ1) is 29.1. The molecular formula is C28H37N7O4S. The Labute approximate surface area is 235 Å². The zero-order chi connectivity index (χ0) is 29.0. The molecule has 1 aromatic carbocycles. The van der Waals surface area contributed by atoms with Crippen molar-refractivity contribution in [3.8, 4) is 0 Å². The first-order valence-corrected chi connectivity index (χ1v) is 14.6. The molecule has 3 aromatic rings. The molecule has 40 heavy (non-hydrogen) atoms. The Morgan fingerprint density at radius 3 is 2.73 bits per heavy atom. The van der Waals surface area contributed by atoms with E-state index >= 15 is 0 Å². The van der Waals surface area contributed by atoms with Crippen molar-refractivity contribution in [1.82, 2.24) is 24.8 Å². The molecule has 12 heteroatoms. The summed E-state index contributed by atoms with van der Waals surface area (Å²) < 4.78 is 31.4. The predicted octanol–water partition coefficient (Wildman–Crippen LogP) is 3.89. The van der Waals surface area contributed by atoms with Gasteiger partial charge in [0.25, 0.3) is 0 Å². The number of methoxy groups -OCH3 is 1. The van der Waals surface area contributed by atoms with Crippen LogP contribution < -0.4 is 10.6 Å². The number of carbonyl (C=O) groups is 1. The van der Waals surface area contributed by atoms with Crippen LogP contribution in [-0.2, 0) is 19.4 Å². The molecule has 4 rings (SSSR count). The van der Waals surface area contributed by atoms with Crippen molar-refractivity contribution in [3.63, 3.8) is 0 Å². The molecule has 214 valence electrons. The number of H-pyrrole nitrogens is 1. The van der Waals surface area contributed by atoms with Crippen molar-refractivity contribution < 1.29 is 17.9 Å². The lowest BCUT2D eigenvalue weighted by molar-refractivity contribution is -0.132. The highest BCUT2D eigenvalue weighted by Gasteiger charge is 2.32. The van der Waals surface area contributed by atoms with Crippen molar-refractivity contribution in [2.75, 3.05) is 44.9 Å². The van der Waals surface area contributed by atoms with Gasteiger partial charge in [0.2, 0.25) is 11.9 Å². The van der Waals surface area contributed by atoms with Crippen LogP contribution in [0.3, 0.4) is 0 Å². The summed E-state index contributed by atoms with van der Waals surface area (Å²) in [6, 6.07) is 8.38. The van der Waals surface area contributed by atoms with E-state index < -0.39 is 15.1 Å². The van der Waals surface area contributed by atoms with Crippen LogP contribution in [0.2, 0.25) is 0 Å². The minimum atomic E-state index is -3.54. The molecule has 1 amide bonds. The number of sulfone groups is 1. The number of amides is 1. The van der Waals surface area contributed by atoms with Gasteiger partial charge in [-0.2, -0.15) is 4.98 Å². The molecule has 0 spiro atoms. The van der Waals surface area contributed by atoms with Gasteiger partial charge in [-0.15, -0.1) is 0 Å². The largest absolute Gasteiger partial charge is 0.503 e. The molecule has 0 bridgehead atoms. The van der Waals surface area contributed by atoms with Gasteiger partial charge < -0.3 is 30.2 Å². The van der Waals surface area contributed by atoms with E-state index in [9.17, 15) is 13.2 Å². The van der Waals surface area contributed by atoms with Gasteiger partial charge in [-0.25, -0.2) is 13.4 Å². The normalized spacial score (nSPS) is 16.3. The molecule has 0 radical (unpaired) electrons. The molecule has 0 saturated carbocycles. The molecule has 1 fully saturated rings. The third kappa shape index (κ3) is 6.28. The minimum absolute atomic E-state index is 0.0388. The predicted molar refractivity (Wildman–Crippen MR) is 157 cm³/mol. The van der Waals surface area contributed by atoms with E-state index in [1.165, 1.54) is 0 Å². The topological polar surface area (TPSA) is 133 Å². The van der Waals surface area contributed by atoms with E-state index in [0.29, 0.717) is 47.7 Å². The van der Waals surface area contributed by atoms with Crippen molar-refractivity contribution >= 4 is 44.2 Å². The molecule has 11 nitrogen and oxygen atoms in total. The number of aromatic nitrogens is 3. The van der Waals surface area contributed by atoms with Crippen LogP contribution in [0.1, 0.15) is 26.7 Å². The summed E-state index contributed by atoms with van der Waals surface area (Å²) in [6.07, 6.45) is 4.50. The summed E-state index contributed by atoms with van der Waals surface area (Å²) in [7, 11) is 1.74. The van der Waals surface area contributed by atoms with Crippen molar-refractivity contribution in [2.24, 2.45) is 0 Å². The summed E-state index contributed by atoms with van der Waals surface area (Å²) >= 11 is 0. The van der Waals surface area contributed by atoms with Gasteiger partial charge in [-0.1, -0.05) is 24.3 Å². The van der Waals surface area contributed by atoms with Gasteiger partial charge in [0.05, 0.1) is 46.7 Å². The number of nitrogens with zero attached hydrogens (tertiary/aromatic N) is 4. The monoisotopic (exact) mass is 567 g/mol. The van der Waals surface area contributed by atoms with Crippen LogP contribution in [0.15, 0.2) is 65.5 Å². The Kier molecular flexibility index (Phi) is 8.79. The zero-order valence-electron chi connectivity index (χ0n) is 23.6. The number of carbonyl (C=O) groups excluding carboxylic acids is 1. The smallest absolute Gasteiger partial charge is 0.237 e. The fourth-order valence-corrected chi connectivity index (χ4v) is 5.84. The minimum Gasteiger partial charge on any atom is -0.503 e.